The Balaban J connectivity index is 0.000000612. The molecule has 6 nitrogen and oxygen atoms in total. The van der Waals surface area contributed by atoms with Crippen molar-refractivity contribution in [2.24, 2.45) is 5.92 Å². The number of benzene rings is 1. The van der Waals surface area contributed by atoms with Crippen LogP contribution in [0.2, 0.25) is 5.02 Å². The number of hydrogen-bond donors (Lipinski definition) is 3. The number of pyridine rings is 1. The molecule has 0 spiro atoms. The molecule has 158 valence electrons. The van der Waals surface area contributed by atoms with Crippen LogP contribution in [0.3, 0.4) is 0 Å². The molecule has 0 bridgehead atoms. The highest BCUT2D eigenvalue weighted by atomic mass is 35.5. The van der Waals surface area contributed by atoms with Gasteiger partial charge in [-0.1, -0.05) is 50.1 Å². The maximum absolute atomic E-state index is 9.10. The normalized spacial score (nSPS) is 11.4. The van der Waals surface area contributed by atoms with Crippen LogP contribution in [0.15, 0.2) is 48.7 Å². The molecule has 2 aromatic rings. The van der Waals surface area contributed by atoms with E-state index in [-0.39, 0.29) is 0 Å². The number of carbonyl (C=O) groups is 2. The van der Waals surface area contributed by atoms with Crippen LogP contribution in [0.5, 0.6) is 0 Å². The average Bonchev–Trinajstić information content (AvgIpc) is 2.69. The van der Waals surface area contributed by atoms with Crippen molar-refractivity contribution in [2.75, 3.05) is 6.54 Å². The summed E-state index contributed by atoms with van der Waals surface area (Å²) in [6.45, 7) is 6.41. The van der Waals surface area contributed by atoms with E-state index in [0.29, 0.717) is 5.92 Å². The summed E-state index contributed by atoms with van der Waals surface area (Å²) >= 11 is 6.02. The molecule has 1 aromatic heterocycles. The van der Waals surface area contributed by atoms with E-state index in [4.69, 9.17) is 31.4 Å². The molecule has 1 heterocycles. The van der Waals surface area contributed by atoms with Gasteiger partial charge in [0.05, 0.1) is 5.69 Å². The third-order valence-corrected chi connectivity index (χ3v) is 4.57. The van der Waals surface area contributed by atoms with Crippen LogP contribution in [-0.2, 0) is 16.1 Å². The number of nitrogens with one attached hydrogen (secondary N) is 1. The zero-order chi connectivity index (χ0) is 21.6. The fourth-order valence-corrected chi connectivity index (χ4v) is 2.87. The second kappa shape index (κ2) is 13.7. The number of hydrogen-bond acceptors (Lipinski definition) is 4. The van der Waals surface area contributed by atoms with Gasteiger partial charge < -0.3 is 15.5 Å². The van der Waals surface area contributed by atoms with Crippen molar-refractivity contribution >= 4 is 23.5 Å². The number of nitrogens with zero attached hydrogens (tertiary/aromatic N) is 1. The highest BCUT2D eigenvalue weighted by molar-refractivity contribution is 6.30. The van der Waals surface area contributed by atoms with E-state index in [1.165, 1.54) is 18.4 Å². The molecule has 7 heteroatoms. The Kier molecular flexibility index (Phi) is 11.6. The van der Waals surface area contributed by atoms with Crippen LogP contribution in [0, 0.1) is 5.92 Å². The third-order valence-electron chi connectivity index (χ3n) is 4.32. The zero-order valence-corrected chi connectivity index (χ0v) is 17.6. The molecule has 0 fully saturated rings. The highest BCUT2D eigenvalue weighted by Crippen LogP contribution is 2.27. The fraction of sp³-hybridized carbons (Fsp3) is 0.409. The van der Waals surface area contributed by atoms with Crippen molar-refractivity contribution in [3.8, 4) is 0 Å². The molecule has 0 amide bonds. The summed E-state index contributed by atoms with van der Waals surface area (Å²) in [5, 5.41) is 19.1. The highest BCUT2D eigenvalue weighted by Gasteiger charge is 2.12. The summed E-state index contributed by atoms with van der Waals surface area (Å²) in [6, 6.07) is 14.4. The van der Waals surface area contributed by atoms with E-state index in [9.17, 15) is 0 Å². The summed E-state index contributed by atoms with van der Waals surface area (Å²) in [4.78, 5) is 22.5. The van der Waals surface area contributed by atoms with Crippen molar-refractivity contribution in [1.29, 1.82) is 0 Å². The lowest BCUT2D eigenvalue weighted by atomic mass is 9.89. The first-order valence-electron chi connectivity index (χ1n) is 9.62. The lowest BCUT2D eigenvalue weighted by Gasteiger charge is -2.19. The van der Waals surface area contributed by atoms with Crippen molar-refractivity contribution in [2.45, 2.75) is 45.6 Å². The van der Waals surface area contributed by atoms with Crippen LogP contribution in [0.1, 0.15) is 50.3 Å². The molecule has 0 aliphatic rings. The van der Waals surface area contributed by atoms with E-state index in [0.717, 1.165) is 36.1 Å². The van der Waals surface area contributed by atoms with Gasteiger partial charge >= 0.3 is 11.9 Å². The second-order valence-corrected chi connectivity index (χ2v) is 7.55. The largest absolute Gasteiger partial charge is 0.473 e. The summed E-state index contributed by atoms with van der Waals surface area (Å²) in [6.07, 6.45) is 5.47. The Bertz CT molecular complexity index is 724. The van der Waals surface area contributed by atoms with Crippen LogP contribution in [0.25, 0.3) is 0 Å². The Hall–Kier alpha value is -2.44. The van der Waals surface area contributed by atoms with Crippen molar-refractivity contribution < 1.29 is 19.8 Å². The second-order valence-electron chi connectivity index (χ2n) is 7.12. The molecule has 1 unspecified atom stereocenters. The Morgan fingerprint density at radius 3 is 2.17 bits per heavy atom. The molecule has 0 saturated heterocycles. The number of aliphatic carboxylic acids is 2. The first-order valence-corrected chi connectivity index (χ1v) is 9.99. The molecule has 0 radical (unpaired) electrons. The number of aromatic nitrogens is 1. The Labute approximate surface area is 176 Å². The van der Waals surface area contributed by atoms with Gasteiger partial charge in [-0.25, -0.2) is 9.59 Å². The first-order chi connectivity index (χ1) is 13.8. The minimum absolute atomic E-state index is 0.589. The van der Waals surface area contributed by atoms with Gasteiger partial charge in [-0.3, -0.25) is 4.98 Å². The lowest BCUT2D eigenvalue weighted by molar-refractivity contribution is -0.159. The predicted octanol–water partition coefficient (Wildman–Crippen LogP) is 4.59. The van der Waals surface area contributed by atoms with E-state index in [2.05, 4.69) is 42.3 Å². The van der Waals surface area contributed by atoms with E-state index >= 15 is 0 Å². The maximum atomic E-state index is 9.10. The van der Waals surface area contributed by atoms with Crippen molar-refractivity contribution in [3.05, 3.63) is 64.9 Å². The topological polar surface area (TPSA) is 99.5 Å². The van der Waals surface area contributed by atoms with Gasteiger partial charge in [0.2, 0.25) is 0 Å². The molecular formula is C22H29ClN2O4. The van der Waals surface area contributed by atoms with Gasteiger partial charge in [-0.05, 0) is 61.1 Å². The van der Waals surface area contributed by atoms with E-state index < -0.39 is 11.9 Å². The summed E-state index contributed by atoms with van der Waals surface area (Å²) in [5.41, 5.74) is 2.49. The summed E-state index contributed by atoms with van der Waals surface area (Å²) in [5.74, 6) is -2.32. The fourth-order valence-electron chi connectivity index (χ4n) is 2.74. The number of carboxylic acid groups (broad SMARTS) is 2. The molecule has 0 aliphatic heterocycles. The average molecular weight is 421 g/mol. The van der Waals surface area contributed by atoms with Gasteiger partial charge in [-0.2, -0.15) is 0 Å². The number of rotatable bonds is 9. The summed E-state index contributed by atoms with van der Waals surface area (Å²) in [7, 11) is 0. The minimum atomic E-state index is -1.82. The SMILES string of the molecule is CC(C)CCC(CCNCc1ccccn1)c1ccc(Cl)cc1.O=C(O)C(=O)O. The Morgan fingerprint density at radius 1 is 1.00 bits per heavy atom. The predicted molar refractivity (Wildman–Crippen MR) is 114 cm³/mol. The smallest absolute Gasteiger partial charge is 0.414 e. The first kappa shape index (κ1) is 24.6. The van der Waals surface area contributed by atoms with Crippen LogP contribution in [-0.4, -0.2) is 33.7 Å². The molecule has 3 N–H and O–H groups in total. The zero-order valence-electron chi connectivity index (χ0n) is 16.8. The molecule has 1 atom stereocenters. The van der Waals surface area contributed by atoms with Gasteiger partial charge in [0.25, 0.3) is 0 Å². The van der Waals surface area contributed by atoms with Crippen molar-refractivity contribution in [1.82, 2.24) is 10.3 Å². The minimum Gasteiger partial charge on any atom is -0.473 e. The molecule has 2 rings (SSSR count). The number of carboxylic acids is 2. The van der Waals surface area contributed by atoms with Gasteiger partial charge in [-0.15, -0.1) is 0 Å². The number of halogens is 1. The van der Waals surface area contributed by atoms with Crippen molar-refractivity contribution in [3.63, 3.8) is 0 Å². The summed E-state index contributed by atoms with van der Waals surface area (Å²) < 4.78 is 0. The Morgan fingerprint density at radius 2 is 1.66 bits per heavy atom. The third kappa shape index (κ3) is 11.2. The van der Waals surface area contributed by atoms with Gasteiger partial charge in [0.1, 0.15) is 0 Å². The molecular weight excluding hydrogens is 392 g/mol. The molecule has 0 saturated carbocycles. The standard InChI is InChI=1S/C20H27ClN2.C2H2O4/c1-16(2)6-7-18(17-8-10-19(21)11-9-17)12-14-22-15-20-5-3-4-13-23-20;3-1(4)2(5)6/h3-5,8-11,13,16,18,22H,6-7,12,14-15H2,1-2H3;(H,3,4)(H,5,6). The maximum Gasteiger partial charge on any atom is 0.414 e. The molecule has 1 aromatic carbocycles. The van der Waals surface area contributed by atoms with E-state index in [1.54, 1.807) is 0 Å². The van der Waals surface area contributed by atoms with Crippen LogP contribution < -0.4 is 5.32 Å². The van der Waals surface area contributed by atoms with Gasteiger partial charge in [0, 0.05) is 17.8 Å². The quantitative estimate of drug-likeness (QED) is 0.405. The van der Waals surface area contributed by atoms with Crippen LogP contribution >= 0.6 is 11.6 Å². The van der Waals surface area contributed by atoms with Crippen LogP contribution in [0.4, 0.5) is 0 Å². The lowest BCUT2D eigenvalue weighted by Crippen LogP contribution is -2.18. The monoisotopic (exact) mass is 420 g/mol. The van der Waals surface area contributed by atoms with Gasteiger partial charge in [0.15, 0.2) is 0 Å². The van der Waals surface area contributed by atoms with E-state index in [1.807, 2.05) is 30.5 Å². The molecule has 0 aliphatic carbocycles. The molecule has 29 heavy (non-hydrogen) atoms.